The number of benzene rings is 2. The van der Waals surface area contributed by atoms with Crippen molar-refractivity contribution in [3.8, 4) is 11.4 Å². The van der Waals surface area contributed by atoms with Gasteiger partial charge in [0.1, 0.15) is 12.1 Å². The number of hydrogen-bond acceptors (Lipinski definition) is 6. The summed E-state index contributed by atoms with van der Waals surface area (Å²) in [4.78, 5) is 27.5. The number of likely N-dealkylation sites (tertiary alicyclic amines) is 1. The number of nitrogens with one attached hydrogen (secondary N) is 1. The van der Waals surface area contributed by atoms with E-state index in [1.54, 1.807) is 30.3 Å². The molecule has 1 aliphatic heterocycles. The molecule has 0 unspecified atom stereocenters. The second kappa shape index (κ2) is 9.78. The first-order valence-corrected chi connectivity index (χ1v) is 10.8. The van der Waals surface area contributed by atoms with Crippen LogP contribution in [0.2, 0.25) is 5.02 Å². The third kappa shape index (κ3) is 4.72. The number of carbonyl (C=O) groups excluding carboxylic acids is 2. The van der Waals surface area contributed by atoms with Crippen molar-refractivity contribution in [1.82, 2.24) is 25.1 Å². The van der Waals surface area contributed by atoms with Gasteiger partial charge in [-0.25, -0.2) is 0 Å². The van der Waals surface area contributed by atoms with Crippen molar-refractivity contribution < 1.29 is 14.3 Å². The van der Waals surface area contributed by atoms with E-state index < -0.39 is 5.91 Å². The topological polar surface area (TPSA) is 102 Å². The van der Waals surface area contributed by atoms with E-state index in [1.165, 1.54) is 37.0 Å². The molecule has 10 heteroatoms. The Morgan fingerprint density at radius 2 is 1.78 bits per heavy atom. The molecule has 166 valence electrons. The summed E-state index contributed by atoms with van der Waals surface area (Å²) in [7, 11) is 1.46. The highest BCUT2D eigenvalue weighted by Crippen LogP contribution is 2.30. The van der Waals surface area contributed by atoms with Crippen LogP contribution in [0.15, 0.2) is 42.7 Å². The van der Waals surface area contributed by atoms with E-state index in [-0.39, 0.29) is 11.5 Å². The van der Waals surface area contributed by atoms with Gasteiger partial charge in [-0.1, -0.05) is 24.4 Å². The van der Waals surface area contributed by atoms with Gasteiger partial charge in [-0.2, -0.15) is 4.68 Å². The van der Waals surface area contributed by atoms with Crippen molar-refractivity contribution in [3.05, 3.63) is 58.9 Å². The number of anilines is 1. The molecule has 9 nitrogen and oxygen atoms in total. The van der Waals surface area contributed by atoms with Crippen molar-refractivity contribution in [1.29, 1.82) is 0 Å². The number of nitrogens with zero attached hydrogens (tertiary/aromatic N) is 5. The molecular formula is C22H23ClN6O3. The molecule has 1 saturated heterocycles. The van der Waals surface area contributed by atoms with Crippen LogP contribution in [0.3, 0.4) is 0 Å². The van der Waals surface area contributed by atoms with Crippen molar-refractivity contribution >= 4 is 29.1 Å². The second-order valence-electron chi connectivity index (χ2n) is 7.50. The van der Waals surface area contributed by atoms with Gasteiger partial charge in [-0.3, -0.25) is 9.59 Å². The van der Waals surface area contributed by atoms with E-state index in [0.29, 0.717) is 27.7 Å². The highest BCUT2D eigenvalue weighted by Gasteiger charge is 2.19. The maximum absolute atomic E-state index is 12.9. The molecule has 0 atom stereocenters. The molecule has 1 aromatic heterocycles. The molecular weight excluding hydrogens is 432 g/mol. The molecule has 0 spiro atoms. The molecule has 32 heavy (non-hydrogen) atoms. The summed E-state index contributed by atoms with van der Waals surface area (Å²) in [6.07, 6.45) is 5.81. The zero-order valence-electron chi connectivity index (χ0n) is 17.6. The summed E-state index contributed by atoms with van der Waals surface area (Å²) in [6.45, 7) is 1.58. The van der Waals surface area contributed by atoms with Gasteiger partial charge in [0.25, 0.3) is 11.8 Å². The molecule has 0 bridgehead atoms. The van der Waals surface area contributed by atoms with Crippen LogP contribution in [-0.2, 0) is 0 Å². The number of carbonyl (C=O) groups is 2. The van der Waals surface area contributed by atoms with Gasteiger partial charge in [-0.05, 0) is 53.6 Å². The van der Waals surface area contributed by atoms with E-state index in [1.807, 2.05) is 4.90 Å². The van der Waals surface area contributed by atoms with Gasteiger partial charge in [-0.15, -0.1) is 5.10 Å². The average Bonchev–Trinajstić information content (AvgIpc) is 3.20. The fourth-order valence-corrected chi connectivity index (χ4v) is 3.94. The summed E-state index contributed by atoms with van der Waals surface area (Å²) < 4.78 is 6.76. The Labute approximate surface area is 190 Å². The minimum atomic E-state index is -0.390. The molecule has 3 aromatic rings. The number of amides is 2. The molecule has 1 fully saturated rings. The van der Waals surface area contributed by atoms with Gasteiger partial charge < -0.3 is 15.0 Å². The Kier molecular flexibility index (Phi) is 6.65. The number of rotatable bonds is 5. The quantitative estimate of drug-likeness (QED) is 0.632. The smallest absolute Gasteiger partial charge is 0.259 e. The zero-order valence-corrected chi connectivity index (χ0v) is 18.4. The second-order valence-corrected chi connectivity index (χ2v) is 7.90. The number of tetrazole rings is 1. The standard InChI is InChI=1S/C22H23ClN6O3/c1-32-20-13-19(29-14-24-26-27-29)18(23)12-17(20)21(30)25-16-8-6-15(7-9-16)22(31)28-10-4-2-3-5-11-28/h6-9,12-14H,2-5,10-11H2,1H3,(H,25,30). The molecule has 0 radical (unpaired) electrons. The molecule has 0 aliphatic carbocycles. The summed E-state index contributed by atoms with van der Waals surface area (Å²) in [5.41, 5.74) is 1.92. The lowest BCUT2D eigenvalue weighted by Crippen LogP contribution is -2.31. The maximum Gasteiger partial charge on any atom is 0.259 e. The highest BCUT2D eigenvalue weighted by molar-refractivity contribution is 6.33. The summed E-state index contributed by atoms with van der Waals surface area (Å²) >= 11 is 6.34. The number of hydrogen-bond donors (Lipinski definition) is 1. The molecule has 1 N–H and O–H groups in total. The minimum Gasteiger partial charge on any atom is -0.496 e. The summed E-state index contributed by atoms with van der Waals surface area (Å²) in [6, 6.07) is 9.99. The van der Waals surface area contributed by atoms with E-state index >= 15 is 0 Å². The molecule has 2 amide bonds. The third-order valence-corrected chi connectivity index (χ3v) is 5.70. The van der Waals surface area contributed by atoms with Crippen LogP contribution in [0.25, 0.3) is 5.69 Å². The largest absolute Gasteiger partial charge is 0.496 e. The van der Waals surface area contributed by atoms with E-state index in [0.717, 1.165) is 25.9 Å². The highest BCUT2D eigenvalue weighted by atomic mass is 35.5. The van der Waals surface area contributed by atoms with Crippen LogP contribution >= 0.6 is 11.6 Å². The Bertz CT molecular complexity index is 1090. The Morgan fingerprint density at radius 1 is 1.06 bits per heavy atom. The molecule has 2 aromatic carbocycles. The zero-order chi connectivity index (χ0) is 22.5. The lowest BCUT2D eigenvalue weighted by molar-refractivity contribution is 0.0761. The molecule has 4 rings (SSSR count). The first kappa shape index (κ1) is 21.8. The van der Waals surface area contributed by atoms with Crippen LogP contribution in [0.1, 0.15) is 46.4 Å². The third-order valence-electron chi connectivity index (χ3n) is 5.39. The van der Waals surface area contributed by atoms with Crippen LogP contribution in [0, 0.1) is 0 Å². The fourth-order valence-electron chi connectivity index (χ4n) is 3.69. The summed E-state index contributed by atoms with van der Waals surface area (Å²) in [5.74, 6) is -0.0413. The first-order valence-electron chi connectivity index (χ1n) is 10.4. The molecule has 1 aliphatic rings. The van der Waals surface area contributed by atoms with Crippen molar-refractivity contribution in [3.63, 3.8) is 0 Å². The first-order chi connectivity index (χ1) is 15.6. The van der Waals surface area contributed by atoms with Crippen molar-refractivity contribution in [2.24, 2.45) is 0 Å². The normalized spacial score (nSPS) is 14.0. The van der Waals surface area contributed by atoms with Gasteiger partial charge in [0.2, 0.25) is 0 Å². The van der Waals surface area contributed by atoms with Crippen LogP contribution in [-0.4, -0.2) is 57.1 Å². The van der Waals surface area contributed by atoms with Gasteiger partial charge in [0, 0.05) is 30.4 Å². The average molecular weight is 455 g/mol. The van der Waals surface area contributed by atoms with Gasteiger partial charge in [0.05, 0.1) is 23.4 Å². The summed E-state index contributed by atoms with van der Waals surface area (Å²) in [5, 5.41) is 14.1. The lowest BCUT2D eigenvalue weighted by Gasteiger charge is -2.20. The molecule has 0 saturated carbocycles. The Balaban J connectivity index is 1.49. The number of ether oxygens (including phenoxy) is 1. The fraction of sp³-hybridized carbons (Fsp3) is 0.318. The number of methoxy groups -OCH3 is 1. The van der Waals surface area contributed by atoms with E-state index in [4.69, 9.17) is 16.3 Å². The molecule has 2 heterocycles. The predicted octanol–water partition coefficient (Wildman–Crippen LogP) is 3.59. The Hall–Kier alpha value is -3.46. The van der Waals surface area contributed by atoms with Gasteiger partial charge in [0.15, 0.2) is 0 Å². The SMILES string of the molecule is COc1cc(-n2cnnn2)c(Cl)cc1C(=O)Nc1ccc(C(=O)N2CCCCCC2)cc1. The van der Waals surface area contributed by atoms with E-state index in [2.05, 4.69) is 20.8 Å². The maximum atomic E-state index is 12.9. The van der Waals surface area contributed by atoms with Gasteiger partial charge >= 0.3 is 0 Å². The number of aromatic nitrogens is 4. The monoisotopic (exact) mass is 454 g/mol. The Morgan fingerprint density at radius 3 is 2.41 bits per heavy atom. The predicted molar refractivity (Wildman–Crippen MR) is 119 cm³/mol. The van der Waals surface area contributed by atoms with Crippen molar-refractivity contribution in [2.75, 3.05) is 25.5 Å². The van der Waals surface area contributed by atoms with Crippen LogP contribution < -0.4 is 10.1 Å². The van der Waals surface area contributed by atoms with E-state index in [9.17, 15) is 9.59 Å². The lowest BCUT2D eigenvalue weighted by atomic mass is 10.1. The van der Waals surface area contributed by atoms with Crippen LogP contribution in [0.5, 0.6) is 5.75 Å². The van der Waals surface area contributed by atoms with Crippen molar-refractivity contribution in [2.45, 2.75) is 25.7 Å². The van der Waals surface area contributed by atoms with Crippen LogP contribution in [0.4, 0.5) is 5.69 Å². The minimum absolute atomic E-state index is 0.0245. The number of halogens is 1.